The summed E-state index contributed by atoms with van der Waals surface area (Å²) in [6, 6.07) is 9.97. The molecule has 0 saturated carbocycles. The Morgan fingerprint density at radius 3 is 2.70 bits per heavy atom. The molecule has 4 aromatic rings. The Balaban J connectivity index is 1.31. The smallest absolute Gasteiger partial charge is 0.266 e. The Morgan fingerprint density at radius 1 is 1.13 bits per heavy atom. The summed E-state index contributed by atoms with van der Waals surface area (Å²) in [6.07, 6.45) is 4.97. The van der Waals surface area contributed by atoms with Gasteiger partial charge in [0.25, 0.3) is 11.8 Å². The number of hydrogen-bond donors (Lipinski definition) is 0. The van der Waals surface area contributed by atoms with Crippen LogP contribution >= 0.6 is 0 Å². The average Bonchev–Trinajstić information content (AvgIpc) is 3.40. The maximum absolute atomic E-state index is 12.8. The number of aryl methyl sites for hydroxylation is 1. The van der Waals surface area contributed by atoms with Crippen molar-refractivity contribution in [2.45, 2.75) is 25.7 Å². The number of amides is 1. The van der Waals surface area contributed by atoms with Crippen LogP contribution in [0.5, 0.6) is 0 Å². The zero-order chi connectivity index (χ0) is 20.7. The molecular formula is C22H22N6O2. The molecular weight excluding hydrogens is 380 g/mol. The summed E-state index contributed by atoms with van der Waals surface area (Å²) >= 11 is 0. The Labute approximate surface area is 173 Å². The predicted molar refractivity (Wildman–Crippen MR) is 111 cm³/mol. The third-order valence-corrected chi connectivity index (χ3v) is 5.91. The van der Waals surface area contributed by atoms with Crippen molar-refractivity contribution in [1.82, 2.24) is 29.9 Å². The molecule has 30 heavy (non-hydrogen) atoms. The molecule has 0 radical (unpaired) electrons. The number of rotatable bonds is 3. The Morgan fingerprint density at radius 2 is 1.93 bits per heavy atom. The van der Waals surface area contributed by atoms with Gasteiger partial charge >= 0.3 is 0 Å². The van der Waals surface area contributed by atoms with Gasteiger partial charge in [0.05, 0.1) is 11.8 Å². The summed E-state index contributed by atoms with van der Waals surface area (Å²) < 4.78 is 7.74. The van der Waals surface area contributed by atoms with E-state index in [0.29, 0.717) is 36.1 Å². The second-order valence-electron chi connectivity index (χ2n) is 7.66. The maximum Gasteiger partial charge on any atom is 0.266 e. The molecule has 1 aliphatic heterocycles. The highest BCUT2D eigenvalue weighted by molar-refractivity contribution is 5.95. The van der Waals surface area contributed by atoms with Crippen molar-refractivity contribution in [2.75, 3.05) is 13.1 Å². The lowest BCUT2D eigenvalue weighted by Crippen LogP contribution is -2.38. The van der Waals surface area contributed by atoms with Crippen molar-refractivity contribution in [2.24, 2.45) is 7.05 Å². The first kappa shape index (κ1) is 18.5. The van der Waals surface area contributed by atoms with E-state index in [2.05, 4.69) is 20.3 Å². The van der Waals surface area contributed by atoms with Crippen LogP contribution in [0.2, 0.25) is 0 Å². The number of nitrogens with zero attached hydrogens (tertiary/aromatic N) is 6. The molecule has 0 bridgehead atoms. The van der Waals surface area contributed by atoms with E-state index in [1.54, 1.807) is 17.1 Å². The quantitative estimate of drug-likeness (QED) is 0.522. The minimum absolute atomic E-state index is 0.0326. The van der Waals surface area contributed by atoms with Crippen molar-refractivity contribution in [3.05, 3.63) is 59.9 Å². The number of hydrogen-bond acceptors (Lipinski definition) is 6. The molecule has 4 heterocycles. The third-order valence-electron chi connectivity index (χ3n) is 5.91. The molecule has 1 aromatic carbocycles. The fourth-order valence-corrected chi connectivity index (χ4v) is 3.99. The molecule has 5 rings (SSSR count). The number of aromatic nitrogens is 5. The van der Waals surface area contributed by atoms with E-state index < -0.39 is 0 Å². The number of piperidine rings is 1. The monoisotopic (exact) mass is 402 g/mol. The standard InChI is InChI=1S/C22H22N6O2/c1-14-18(13-24-27(14)2)22(29)28-11-8-16(9-12-28)20-25-26-21(30-20)19-17-6-4-3-5-15(17)7-10-23-19/h3-7,10,13,16H,8-9,11-12H2,1-2H3. The van der Waals surface area contributed by atoms with Crippen LogP contribution in [0.15, 0.2) is 47.1 Å². The highest BCUT2D eigenvalue weighted by Crippen LogP contribution is 2.31. The van der Waals surface area contributed by atoms with Crippen LogP contribution in [0, 0.1) is 6.92 Å². The zero-order valence-electron chi connectivity index (χ0n) is 16.9. The molecule has 0 aliphatic carbocycles. The number of pyridine rings is 1. The highest BCUT2D eigenvalue weighted by Gasteiger charge is 2.29. The van der Waals surface area contributed by atoms with Gasteiger partial charge in [0.1, 0.15) is 5.69 Å². The lowest BCUT2D eigenvalue weighted by atomic mass is 9.96. The molecule has 1 amide bonds. The normalized spacial score (nSPS) is 15.1. The van der Waals surface area contributed by atoms with E-state index in [4.69, 9.17) is 4.42 Å². The number of benzene rings is 1. The fourth-order valence-electron chi connectivity index (χ4n) is 3.99. The SMILES string of the molecule is Cc1c(C(=O)N2CCC(c3nnc(-c4nccc5ccccc45)o3)CC2)cnn1C. The maximum atomic E-state index is 12.8. The van der Waals surface area contributed by atoms with Crippen molar-refractivity contribution in [3.8, 4) is 11.6 Å². The van der Waals surface area contributed by atoms with Gasteiger partial charge < -0.3 is 9.32 Å². The van der Waals surface area contributed by atoms with Gasteiger partial charge in [-0.25, -0.2) is 0 Å². The summed E-state index contributed by atoms with van der Waals surface area (Å²) in [7, 11) is 1.84. The summed E-state index contributed by atoms with van der Waals surface area (Å²) in [6.45, 7) is 3.22. The third kappa shape index (κ3) is 3.14. The van der Waals surface area contributed by atoms with Crippen LogP contribution in [0.4, 0.5) is 0 Å². The minimum atomic E-state index is 0.0326. The number of likely N-dealkylation sites (tertiary alicyclic amines) is 1. The van der Waals surface area contributed by atoms with Gasteiger partial charge in [-0.3, -0.25) is 14.5 Å². The van der Waals surface area contributed by atoms with Gasteiger partial charge in [-0.1, -0.05) is 24.3 Å². The summed E-state index contributed by atoms with van der Waals surface area (Å²) in [5.41, 5.74) is 2.25. The first-order valence-electron chi connectivity index (χ1n) is 10.1. The van der Waals surface area contributed by atoms with E-state index in [-0.39, 0.29) is 11.8 Å². The molecule has 1 saturated heterocycles. The van der Waals surface area contributed by atoms with Crippen LogP contribution in [0.3, 0.4) is 0 Å². The van der Waals surface area contributed by atoms with E-state index >= 15 is 0 Å². The van der Waals surface area contributed by atoms with Crippen molar-refractivity contribution in [1.29, 1.82) is 0 Å². The van der Waals surface area contributed by atoms with Gasteiger partial charge in [-0.15, -0.1) is 10.2 Å². The van der Waals surface area contributed by atoms with Gasteiger partial charge in [-0.2, -0.15) is 5.10 Å². The van der Waals surface area contributed by atoms with Crippen LogP contribution in [-0.4, -0.2) is 48.9 Å². The molecule has 8 nitrogen and oxygen atoms in total. The minimum Gasteiger partial charge on any atom is -0.419 e. The summed E-state index contributed by atoms with van der Waals surface area (Å²) in [5.74, 6) is 1.22. The number of carbonyl (C=O) groups excluding carboxylic acids is 1. The molecule has 8 heteroatoms. The highest BCUT2D eigenvalue weighted by atomic mass is 16.4. The van der Waals surface area contributed by atoms with Gasteiger partial charge in [-0.05, 0) is 31.2 Å². The Bertz CT molecular complexity index is 1210. The van der Waals surface area contributed by atoms with Crippen LogP contribution in [0.25, 0.3) is 22.4 Å². The molecule has 0 N–H and O–H groups in total. The molecule has 152 valence electrons. The first-order chi connectivity index (χ1) is 14.6. The van der Waals surface area contributed by atoms with E-state index in [1.807, 2.05) is 49.2 Å². The zero-order valence-corrected chi connectivity index (χ0v) is 16.9. The van der Waals surface area contributed by atoms with Gasteiger partial charge in [0.15, 0.2) is 0 Å². The van der Waals surface area contributed by atoms with Crippen LogP contribution in [-0.2, 0) is 7.05 Å². The summed E-state index contributed by atoms with van der Waals surface area (Å²) in [4.78, 5) is 19.1. The molecule has 1 fully saturated rings. The average molecular weight is 402 g/mol. The topological polar surface area (TPSA) is 89.9 Å². The lowest BCUT2D eigenvalue weighted by Gasteiger charge is -2.30. The number of carbonyl (C=O) groups is 1. The second-order valence-corrected chi connectivity index (χ2v) is 7.66. The van der Waals surface area contributed by atoms with Gasteiger partial charge in [0, 0.05) is 43.3 Å². The van der Waals surface area contributed by atoms with Crippen molar-refractivity contribution < 1.29 is 9.21 Å². The van der Waals surface area contributed by atoms with Crippen LogP contribution < -0.4 is 0 Å². The number of fused-ring (bicyclic) bond motifs is 1. The molecule has 0 unspecified atom stereocenters. The summed E-state index contributed by atoms with van der Waals surface area (Å²) in [5, 5.41) is 14.8. The van der Waals surface area contributed by atoms with Gasteiger partial charge in [0.2, 0.25) is 5.89 Å². The molecule has 3 aromatic heterocycles. The van der Waals surface area contributed by atoms with Crippen molar-refractivity contribution in [3.63, 3.8) is 0 Å². The first-order valence-corrected chi connectivity index (χ1v) is 10.1. The lowest BCUT2D eigenvalue weighted by molar-refractivity contribution is 0.0705. The Hall–Kier alpha value is -3.55. The fraction of sp³-hybridized carbons (Fsp3) is 0.318. The molecule has 0 spiro atoms. The molecule has 1 aliphatic rings. The van der Waals surface area contributed by atoms with E-state index in [1.165, 1.54) is 0 Å². The van der Waals surface area contributed by atoms with Crippen LogP contribution in [0.1, 0.15) is 40.7 Å². The molecule has 0 atom stereocenters. The van der Waals surface area contributed by atoms with E-state index in [0.717, 1.165) is 29.3 Å². The van der Waals surface area contributed by atoms with E-state index in [9.17, 15) is 4.79 Å². The van der Waals surface area contributed by atoms with Crippen molar-refractivity contribution >= 4 is 16.7 Å². The second kappa shape index (κ2) is 7.37. The largest absolute Gasteiger partial charge is 0.419 e. The predicted octanol–water partition coefficient (Wildman–Crippen LogP) is 3.35. The Kier molecular flexibility index (Phi) is 4.54.